The second kappa shape index (κ2) is 9.24. The Morgan fingerprint density at radius 3 is 2.62 bits per heavy atom. The first-order valence-corrected chi connectivity index (χ1v) is 8.59. The van der Waals surface area contributed by atoms with Crippen molar-refractivity contribution in [3.8, 4) is 11.5 Å². The van der Waals surface area contributed by atoms with Gasteiger partial charge >= 0.3 is 0 Å². The molecule has 0 fully saturated rings. The number of nitrogens with one attached hydrogen (secondary N) is 1. The first-order chi connectivity index (χ1) is 12.5. The number of halogens is 2. The lowest BCUT2D eigenvalue weighted by molar-refractivity contribution is 0.102. The molecule has 2 aromatic rings. The quantitative estimate of drug-likeness (QED) is 0.518. The average molecular weight is 379 g/mol. The molecule has 0 aliphatic heterocycles. The van der Waals surface area contributed by atoms with Crippen molar-refractivity contribution < 1.29 is 23.0 Å². The number of ether oxygens (including phenoxy) is 2. The van der Waals surface area contributed by atoms with Gasteiger partial charge in [0.25, 0.3) is 11.7 Å². The molecule has 0 bridgehead atoms. The van der Waals surface area contributed by atoms with E-state index in [1.165, 1.54) is 20.3 Å². The number of carbonyl (C=O) groups is 1. The molecule has 2 rings (SSSR count). The van der Waals surface area contributed by atoms with E-state index in [1.54, 1.807) is 36.4 Å². The van der Waals surface area contributed by atoms with E-state index in [0.717, 1.165) is 5.56 Å². The van der Waals surface area contributed by atoms with Gasteiger partial charge in [-0.1, -0.05) is 30.0 Å². The Morgan fingerprint density at radius 1 is 1.27 bits per heavy atom. The molecule has 0 heterocycles. The summed E-state index contributed by atoms with van der Waals surface area (Å²) in [7, 11) is 2.99. The molecule has 138 valence electrons. The highest BCUT2D eigenvalue weighted by atomic mass is 32.2. The molecule has 0 aliphatic carbocycles. The van der Waals surface area contributed by atoms with E-state index in [0.29, 0.717) is 45.8 Å². The van der Waals surface area contributed by atoms with Crippen LogP contribution in [0.15, 0.2) is 53.9 Å². The molecule has 2 aromatic carbocycles. The van der Waals surface area contributed by atoms with Gasteiger partial charge in [0.05, 0.1) is 19.9 Å². The Kier molecular flexibility index (Phi) is 7.03. The van der Waals surface area contributed by atoms with Crippen molar-refractivity contribution in [3.63, 3.8) is 0 Å². The van der Waals surface area contributed by atoms with Crippen LogP contribution < -0.4 is 14.8 Å². The summed E-state index contributed by atoms with van der Waals surface area (Å²) in [6, 6.07) is 9.63. The van der Waals surface area contributed by atoms with Crippen LogP contribution in [0.3, 0.4) is 0 Å². The normalized spacial score (nSPS) is 10.5. The molecule has 26 heavy (non-hydrogen) atoms. The molecule has 0 aromatic heterocycles. The summed E-state index contributed by atoms with van der Waals surface area (Å²) < 4.78 is 36.0. The van der Waals surface area contributed by atoms with E-state index in [4.69, 9.17) is 9.47 Å². The van der Waals surface area contributed by atoms with Crippen LogP contribution in [0.5, 0.6) is 11.5 Å². The Morgan fingerprint density at radius 2 is 2.00 bits per heavy atom. The molecule has 1 N–H and O–H groups in total. The van der Waals surface area contributed by atoms with Gasteiger partial charge in [-0.2, -0.15) is 8.78 Å². The lowest BCUT2D eigenvalue weighted by Crippen LogP contribution is -2.13. The van der Waals surface area contributed by atoms with Gasteiger partial charge in [0.15, 0.2) is 11.5 Å². The Balaban J connectivity index is 2.36. The number of hydrogen-bond acceptors (Lipinski definition) is 4. The number of carbonyl (C=O) groups excluding carboxylic acids is 1. The molecule has 0 saturated carbocycles. The van der Waals surface area contributed by atoms with Crippen LogP contribution in [0.4, 0.5) is 14.5 Å². The average Bonchev–Trinajstić information content (AvgIpc) is 2.62. The molecule has 0 saturated heterocycles. The third-order valence-electron chi connectivity index (χ3n) is 3.53. The minimum absolute atomic E-state index is 0.294. The van der Waals surface area contributed by atoms with E-state index in [-0.39, 0.29) is 0 Å². The maximum Gasteiger partial charge on any atom is 0.288 e. The first kappa shape index (κ1) is 19.8. The van der Waals surface area contributed by atoms with Crippen molar-refractivity contribution in [2.45, 2.75) is 17.1 Å². The highest BCUT2D eigenvalue weighted by molar-refractivity contribution is 7.99. The molecule has 4 nitrogen and oxygen atoms in total. The maximum atomic E-state index is 12.7. The SMILES string of the molecule is C=CCc1cc(C(=O)Nc2ccccc2SC(F)F)cc(OC)c1OC. The van der Waals surface area contributed by atoms with E-state index < -0.39 is 11.7 Å². The summed E-state index contributed by atoms with van der Waals surface area (Å²) in [6.07, 6.45) is 2.17. The van der Waals surface area contributed by atoms with Crippen LogP contribution in [0.1, 0.15) is 15.9 Å². The van der Waals surface area contributed by atoms with E-state index in [9.17, 15) is 13.6 Å². The summed E-state index contributed by atoms with van der Waals surface area (Å²) in [4.78, 5) is 12.9. The zero-order valence-electron chi connectivity index (χ0n) is 14.4. The van der Waals surface area contributed by atoms with E-state index >= 15 is 0 Å². The fourth-order valence-corrected chi connectivity index (χ4v) is 3.04. The summed E-state index contributed by atoms with van der Waals surface area (Å²) >= 11 is 0.381. The molecule has 0 aliphatic rings. The number of thioether (sulfide) groups is 1. The van der Waals surface area contributed by atoms with E-state index in [1.807, 2.05) is 0 Å². The van der Waals surface area contributed by atoms with Gasteiger partial charge in [0.1, 0.15) is 0 Å². The van der Waals surface area contributed by atoms with Gasteiger partial charge in [-0.25, -0.2) is 0 Å². The van der Waals surface area contributed by atoms with Crippen LogP contribution >= 0.6 is 11.8 Å². The van der Waals surface area contributed by atoms with Crippen molar-refractivity contribution in [2.75, 3.05) is 19.5 Å². The van der Waals surface area contributed by atoms with Gasteiger partial charge in [-0.3, -0.25) is 4.79 Å². The molecular weight excluding hydrogens is 360 g/mol. The highest BCUT2D eigenvalue weighted by Gasteiger charge is 2.17. The van der Waals surface area contributed by atoms with Crippen molar-refractivity contribution in [2.24, 2.45) is 0 Å². The largest absolute Gasteiger partial charge is 0.493 e. The number of alkyl halides is 2. The zero-order valence-corrected chi connectivity index (χ0v) is 15.2. The second-order valence-corrected chi connectivity index (χ2v) is 6.22. The molecule has 0 radical (unpaired) electrons. The third-order valence-corrected chi connectivity index (χ3v) is 4.32. The molecule has 0 atom stereocenters. The maximum absolute atomic E-state index is 12.7. The zero-order chi connectivity index (χ0) is 19.1. The number of methoxy groups -OCH3 is 2. The van der Waals surface area contributed by atoms with Gasteiger partial charge in [0, 0.05) is 16.0 Å². The minimum atomic E-state index is -2.58. The smallest absolute Gasteiger partial charge is 0.288 e. The van der Waals surface area contributed by atoms with Crippen LogP contribution in [0.2, 0.25) is 0 Å². The monoisotopic (exact) mass is 379 g/mol. The Hall–Kier alpha value is -2.54. The fraction of sp³-hybridized carbons (Fsp3) is 0.211. The summed E-state index contributed by atoms with van der Waals surface area (Å²) in [5.74, 6) is -2.07. The number of hydrogen-bond donors (Lipinski definition) is 1. The number of benzene rings is 2. The van der Waals surface area contributed by atoms with Crippen molar-refractivity contribution >= 4 is 23.4 Å². The molecule has 7 heteroatoms. The van der Waals surface area contributed by atoms with Gasteiger partial charge < -0.3 is 14.8 Å². The topological polar surface area (TPSA) is 47.6 Å². The van der Waals surface area contributed by atoms with Crippen LogP contribution in [-0.4, -0.2) is 25.9 Å². The first-order valence-electron chi connectivity index (χ1n) is 7.71. The lowest BCUT2D eigenvalue weighted by Gasteiger charge is -2.15. The lowest BCUT2D eigenvalue weighted by atomic mass is 10.0. The predicted molar refractivity (Wildman–Crippen MR) is 99.7 cm³/mol. The highest BCUT2D eigenvalue weighted by Crippen LogP contribution is 2.35. The minimum Gasteiger partial charge on any atom is -0.493 e. The number of para-hydroxylation sites is 1. The molecule has 0 unspecified atom stereocenters. The second-order valence-electron chi connectivity index (χ2n) is 5.19. The van der Waals surface area contributed by atoms with Gasteiger partial charge in [0.2, 0.25) is 0 Å². The Bertz CT molecular complexity index is 796. The van der Waals surface area contributed by atoms with Gasteiger partial charge in [-0.05, 0) is 30.7 Å². The van der Waals surface area contributed by atoms with Gasteiger partial charge in [-0.15, -0.1) is 6.58 Å². The van der Waals surface area contributed by atoms with Crippen molar-refractivity contribution in [3.05, 3.63) is 60.2 Å². The molecule has 1 amide bonds. The van der Waals surface area contributed by atoms with Crippen LogP contribution in [0.25, 0.3) is 0 Å². The van der Waals surface area contributed by atoms with Crippen molar-refractivity contribution in [1.82, 2.24) is 0 Å². The third kappa shape index (κ3) is 4.76. The number of allylic oxidation sites excluding steroid dienone is 1. The predicted octanol–water partition coefficient (Wildman–Crippen LogP) is 5.00. The fourth-order valence-electron chi connectivity index (χ4n) is 2.44. The Labute approximate surface area is 155 Å². The summed E-state index contributed by atoms with van der Waals surface area (Å²) in [5, 5.41) is 2.68. The standard InChI is InChI=1S/C19H19F2NO3S/c1-4-7-12-10-13(11-15(24-2)17(12)25-3)18(23)22-14-8-5-6-9-16(14)26-19(20)21/h4-6,8-11,19H,1,7H2,2-3H3,(H,22,23). The molecular formula is C19H19F2NO3S. The van der Waals surface area contributed by atoms with E-state index in [2.05, 4.69) is 11.9 Å². The number of anilines is 1. The number of rotatable bonds is 8. The molecule has 0 spiro atoms. The summed E-state index contributed by atoms with van der Waals surface area (Å²) in [6.45, 7) is 3.70. The van der Waals surface area contributed by atoms with Crippen molar-refractivity contribution in [1.29, 1.82) is 0 Å². The number of amides is 1. The van der Waals surface area contributed by atoms with Crippen LogP contribution in [0, 0.1) is 0 Å². The van der Waals surface area contributed by atoms with Crippen LogP contribution in [-0.2, 0) is 6.42 Å². The summed E-state index contributed by atoms with van der Waals surface area (Å²) in [5.41, 5.74) is 1.39.